The summed E-state index contributed by atoms with van der Waals surface area (Å²) in [4.78, 5) is 0. The third-order valence-corrected chi connectivity index (χ3v) is 12.1. The molecule has 0 nitrogen and oxygen atoms in total. The zero-order chi connectivity index (χ0) is 33.5. The average Bonchev–Trinajstić information content (AvgIpc) is 3.59. The first kappa shape index (κ1) is 28.5. The predicted octanol–water partition coefficient (Wildman–Crippen LogP) is 14.8. The molecule has 51 heavy (non-hydrogen) atoms. The van der Waals surface area contributed by atoms with E-state index in [0.29, 0.717) is 0 Å². The second kappa shape index (κ2) is 11.1. The van der Waals surface area contributed by atoms with Gasteiger partial charge in [-0.2, -0.15) is 0 Å². The van der Waals surface area contributed by atoms with Crippen LogP contribution in [-0.4, -0.2) is 0 Å². The Bertz CT molecular complexity index is 3130. The molecule has 0 N–H and O–H groups in total. The van der Waals surface area contributed by atoms with Crippen molar-refractivity contribution in [2.45, 2.75) is 0 Å². The maximum Gasteiger partial charge on any atom is 0.0434 e. The van der Waals surface area contributed by atoms with Gasteiger partial charge in [0, 0.05) is 20.2 Å². The summed E-state index contributed by atoms with van der Waals surface area (Å²) in [5.41, 5.74) is 7.66. The molecule has 0 aliphatic carbocycles. The van der Waals surface area contributed by atoms with Gasteiger partial charge in [0.25, 0.3) is 0 Å². The number of benzene rings is 10. The topological polar surface area (TPSA) is 0 Å². The van der Waals surface area contributed by atoms with E-state index in [4.69, 9.17) is 0 Å². The number of hydrogen-bond donors (Lipinski definition) is 0. The molecule has 0 saturated carbocycles. The first-order valence-electron chi connectivity index (χ1n) is 17.6. The van der Waals surface area contributed by atoms with Gasteiger partial charge in [0.1, 0.15) is 0 Å². The zero-order valence-corrected chi connectivity index (χ0v) is 28.5. The third kappa shape index (κ3) is 4.32. The van der Waals surface area contributed by atoms with E-state index in [1.807, 2.05) is 11.3 Å². The van der Waals surface area contributed by atoms with Crippen molar-refractivity contribution in [2.75, 3.05) is 0 Å². The van der Waals surface area contributed by atoms with E-state index < -0.39 is 0 Å². The highest BCUT2D eigenvalue weighted by atomic mass is 32.1. The van der Waals surface area contributed by atoms with Crippen LogP contribution < -0.4 is 0 Å². The Morgan fingerprint density at radius 2 is 0.725 bits per heavy atom. The predicted molar refractivity (Wildman–Crippen MR) is 223 cm³/mol. The fourth-order valence-electron chi connectivity index (χ4n) is 8.50. The van der Waals surface area contributed by atoms with E-state index in [-0.39, 0.29) is 0 Å². The molecule has 0 atom stereocenters. The molecule has 0 unspecified atom stereocenters. The summed E-state index contributed by atoms with van der Waals surface area (Å²) in [5.74, 6) is 0. The van der Waals surface area contributed by atoms with Gasteiger partial charge in [0.2, 0.25) is 0 Å². The average molecular weight is 663 g/mol. The van der Waals surface area contributed by atoms with Crippen molar-refractivity contribution in [3.05, 3.63) is 182 Å². The lowest BCUT2D eigenvalue weighted by molar-refractivity contribution is 1.67. The van der Waals surface area contributed by atoms with Crippen LogP contribution in [0.4, 0.5) is 0 Å². The standard InChI is InChI=1S/C50H30S/c1-3-14-37-31(11-1)13-9-21-40(37)48-43-18-7-5-16-41(43)47(42-17-6-8-19-44(42)48)36-26-24-33-29-35(25-23-34(33)30-36)39-20-10-22-45-46-28-27-32-12-2-4-15-38(32)49(46)51-50(39)45/h1-30H. The summed E-state index contributed by atoms with van der Waals surface area (Å²) in [6, 6.07) is 67.4. The Morgan fingerprint density at radius 1 is 0.255 bits per heavy atom. The third-order valence-electron chi connectivity index (χ3n) is 10.8. The summed E-state index contributed by atoms with van der Waals surface area (Å²) < 4.78 is 2.72. The monoisotopic (exact) mass is 662 g/mol. The lowest BCUT2D eigenvalue weighted by Gasteiger charge is -2.19. The molecule has 236 valence electrons. The summed E-state index contributed by atoms with van der Waals surface area (Å²) >= 11 is 1.92. The molecule has 0 fully saturated rings. The highest BCUT2D eigenvalue weighted by Gasteiger charge is 2.18. The van der Waals surface area contributed by atoms with Gasteiger partial charge in [-0.15, -0.1) is 11.3 Å². The van der Waals surface area contributed by atoms with Gasteiger partial charge in [-0.3, -0.25) is 0 Å². The molecular formula is C50H30S. The number of fused-ring (bicyclic) bond motifs is 9. The van der Waals surface area contributed by atoms with Crippen LogP contribution in [0.25, 0.3) is 107 Å². The van der Waals surface area contributed by atoms with Gasteiger partial charge < -0.3 is 0 Å². The van der Waals surface area contributed by atoms with Crippen molar-refractivity contribution in [3.63, 3.8) is 0 Å². The lowest BCUT2D eigenvalue weighted by atomic mass is 9.84. The van der Waals surface area contributed by atoms with Crippen LogP contribution in [0.3, 0.4) is 0 Å². The van der Waals surface area contributed by atoms with Crippen LogP contribution in [0.5, 0.6) is 0 Å². The van der Waals surface area contributed by atoms with E-state index in [1.54, 1.807) is 0 Å². The molecule has 1 heterocycles. The fraction of sp³-hybridized carbons (Fsp3) is 0. The van der Waals surface area contributed by atoms with Gasteiger partial charge in [-0.25, -0.2) is 0 Å². The highest BCUT2D eigenvalue weighted by molar-refractivity contribution is 7.27. The van der Waals surface area contributed by atoms with Gasteiger partial charge in [0.15, 0.2) is 0 Å². The van der Waals surface area contributed by atoms with Crippen molar-refractivity contribution < 1.29 is 0 Å². The molecule has 10 aromatic carbocycles. The first-order chi connectivity index (χ1) is 25.3. The van der Waals surface area contributed by atoms with Crippen LogP contribution in [0, 0.1) is 0 Å². The summed E-state index contributed by atoms with van der Waals surface area (Å²) in [6.07, 6.45) is 0. The SMILES string of the molecule is c1ccc2c(-c3c4ccccc4c(-c4ccc5cc(-c6cccc7c6sc6c8ccccc8ccc76)ccc5c4)c4ccccc34)cccc2c1. The lowest BCUT2D eigenvalue weighted by Crippen LogP contribution is -1.91. The first-order valence-corrected chi connectivity index (χ1v) is 18.4. The van der Waals surface area contributed by atoms with E-state index >= 15 is 0 Å². The van der Waals surface area contributed by atoms with Gasteiger partial charge in [0.05, 0.1) is 0 Å². The van der Waals surface area contributed by atoms with Gasteiger partial charge >= 0.3 is 0 Å². The smallest absolute Gasteiger partial charge is 0.0434 e. The minimum atomic E-state index is 1.24. The van der Waals surface area contributed by atoms with Crippen molar-refractivity contribution in [3.8, 4) is 33.4 Å². The van der Waals surface area contributed by atoms with Crippen molar-refractivity contribution in [1.82, 2.24) is 0 Å². The van der Waals surface area contributed by atoms with Crippen LogP contribution in [0.1, 0.15) is 0 Å². The highest BCUT2D eigenvalue weighted by Crippen LogP contribution is 2.46. The maximum atomic E-state index is 2.39. The van der Waals surface area contributed by atoms with Crippen LogP contribution in [0.2, 0.25) is 0 Å². The summed E-state index contributed by atoms with van der Waals surface area (Å²) in [6.45, 7) is 0. The quantitative estimate of drug-likeness (QED) is 0.165. The summed E-state index contributed by atoms with van der Waals surface area (Å²) in [5, 5.41) is 15.5. The zero-order valence-electron chi connectivity index (χ0n) is 27.7. The molecule has 0 spiro atoms. The largest absolute Gasteiger partial charge is 0.134 e. The number of hydrogen-bond acceptors (Lipinski definition) is 1. The normalized spacial score (nSPS) is 11.9. The molecule has 0 saturated heterocycles. The molecule has 1 heteroatoms. The Balaban J connectivity index is 1.09. The van der Waals surface area contributed by atoms with Crippen molar-refractivity contribution in [1.29, 1.82) is 0 Å². The second-order valence-electron chi connectivity index (χ2n) is 13.6. The molecule has 0 amide bonds. The van der Waals surface area contributed by atoms with Gasteiger partial charge in [-0.1, -0.05) is 170 Å². The van der Waals surface area contributed by atoms with E-state index in [9.17, 15) is 0 Å². The van der Waals surface area contributed by atoms with E-state index in [2.05, 4.69) is 182 Å². The molecule has 0 radical (unpaired) electrons. The fourth-order valence-corrected chi connectivity index (χ4v) is 9.87. The molecule has 11 aromatic rings. The molecule has 0 aliphatic rings. The molecule has 11 rings (SSSR count). The Labute approximate surface area is 299 Å². The Kier molecular flexibility index (Phi) is 6.22. The molecular weight excluding hydrogens is 633 g/mol. The van der Waals surface area contributed by atoms with E-state index in [0.717, 1.165) is 0 Å². The van der Waals surface area contributed by atoms with Crippen LogP contribution in [0.15, 0.2) is 182 Å². The number of rotatable bonds is 3. The maximum absolute atomic E-state index is 2.39. The van der Waals surface area contributed by atoms with Crippen LogP contribution >= 0.6 is 11.3 Å². The minimum absolute atomic E-state index is 1.24. The van der Waals surface area contributed by atoms with Crippen molar-refractivity contribution >= 4 is 85.4 Å². The Morgan fingerprint density at radius 3 is 1.45 bits per heavy atom. The number of thiophene rings is 1. The Hall–Kier alpha value is -6.28. The minimum Gasteiger partial charge on any atom is -0.134 e. The van der Waals surface area contributed by atoms with E-state index in [1.165, 1.54) is 107 Å². The van der Waals surface area contributed by atoms with Crippen LogP contribution in [-0.2, 0) is 0 Å². The summed E-state index contributed by atoms with van der Waals surface area (Å²) in [7, 11) is 0. The van der Waals surface area contributed by atoms with Gasteiger partial charge in [-0.05, 0) is 99.4 Å². The molecule has 0 bridgehead atoms. The second-order valence-corrected chi connectivity index (χ2v) is 14.6. The van der Waals surface area contributed by atoms with Crippen molar-refractivity contribution in [2.24, 2.45) is 0 Å². The molecule has 1 aromatic heterocycles. The molecule has 0 aliphatic heterocycles.